The predicted molar refractivity (Wildman–Crippen MR) is 165 cm³/mol. The van der Waals surface area contributed by atoms with Crippen LogP contribution in [0.5, 0.6) is 11.5 Å². The lowest BCUT2D eigenvalue weighted by molar-refractivity contribution is 0.0668. The molecular formula is C33H41N5O3. The summed E-state index contributed by atoms with van der Waals surface area (Å²) in [6.07, 6.45) is 0. The third-order valence-corrected chi connectivity index (χ3v) is 8.40. The summed E-state index contributed by atoms with van der Waals surface area (Å²) >= 11 is 0. The zero-order chi connectivity index (χ0) is 29.3. The fraction of sp³-hybridized carbons (Fsp3) is 0.394. The second-order valence-corrected chi connectivity index (χ2v) is 10.6. The topological polar surface area (TPSA) is 68.4 Å². The summed E-state index contributed by atoms with van der Waals surface area (Å²) in [5.41, 5.74) is 4.71. The second-order valence-electron chi connectivity index (χ2n) is 10.6. The van der Waals surface area contributed by atoms with Gasteiger partial charge in [0.05, 0.1) is 0 Å². The van der Waals surface area contributed by atoms with Crippen LogP contribution in [0.25, 0.3) is 0 Å². The Balaban J connectivity index is 1.74. The van der Waals surface area contributed by atoms with Crippen LogP contribution >= 0.6 is 0 Å². The summed E-state index contributed by atoms with van der Waals surface area (Å²) in [6, 6.07) is 20.4. The summed E-state index contributed by atoms with van der Waals surface area (Å²) in [5, 5.41) is 2.95. The van der Waals surface area contributed by atoms with E-state index in [-0.39, 0.29) is 11.9 Å². The first-order valence-corrected chi connectivity index (χ1v) is 14.6. The van der Waals surface area contributed by atoms with Gasteiger partial charge in [-0.2, -0.15) is 0 Å². The van der Waals surface area contributed by atoms with Gasteiger partial charge in [-0.15, -0.1) is 0 Å². The van der Waals surface area contributed by atoms with Gasteiger partial charge in [0.2, 0.25) is 0 Å². The molecule has 0 saturated heterocycles. The Bertz CT molecular complexity index is 1380. The van der Waals surface area contributed by atoms with Gasteiger partial charge in [0, 0.05) is 93.6 Å². The summed E-state index contributed by atoms with van der Waals surface area (Å²) in [6.45, 7) is 12.7. The highest BCUT2D eigenvalue weighted by Gasteiger charge is 2.56. The maximum Gasteiger partial charge on any atom is 0.316 e. The number of anilines is 2. The highest BCUT2D eigenvalue weighted by Crippen LogP contribution is 2.58. The smallest absolute Gasteiger partial charge is 0.316 e. The average Bonchev–Trinajstić information content (AvgIpc) is 3.22. The fourth-order valence-corrected chi connectivity index (χ4v) is 6.33. The highest BCUT2D eigenvalue weighted by atomic mass is 16.5. The van der Waals surface area contributed by atoms with Crippen molar-refractivity contribution in [3.8, 4) is 11.5 Å². The van der Waals surface area contributed by atoms with Crippen LogP contribution in [0.1, 0.15) is 54.7 Å². The molecular weight excluding hydrogens is 514 g/mol. The van der Waals surface area contributed by atoms with Crippen molar-refractivity contribution in [2.45, 2.75) is 33.2 Å². The number of urea groups is 1. The van der Waals surface area contributed by atoms with Gasteiger partial charge in [-0.25, -0.2) is 4.79 Å². The third-order valence-electron chi connectivity index (χ3n) is 8.40. The number of carbonyl (C=O) groups excluding carboxylic acids is 2. The molecule has 0 bridgehead atoms. The lowest BCUT2D eigenvalue weighted by atomic mass is 9.74. The number of fused-ring (bicyclic) bond motifs is 6. The first-order chi connectivity index (χ1) is 19.8. The van der Waals surface area contributed by atoms with Crippen molar-refractivity contribution in [2.75, 3.05) is 63.2 Å². The molecule has 0 radical (unpaired) electrons. The molecule has 8 nitrogen and oxygen atoms in total. The Kier molecular flexibility index (Phi) is 7.84. The van der Waals surface area contributed by atoms with Crippen molar-refractivity contribution in [1.29, 1.82) is 0 Å². The molecule has 41 heavy (non-hydrogen) atoms. The van der Waals surface area contributed by atoms with Gasteiger partial charge < -0.3 is 29.7 Å². The van der Waals surface area contributed by atoms with E-state index in [4.69, 9.17) is 4.74 Å². The van der Waals surface area contributed by atoms with Crippen LogP contribution in [0, 0.1) is 0 Å². The molecule has 0 atom stereocenters. The molecule has 0 fully saturated rings. The van der Waals surface area contributed by atoms with Crippen molar-refractivity contribution >= 4 is 23.3 Å². The lowest BCUT2D eigenvalue weighted by Gasteiger charge is -2.45. The molecule has 3 amide bonds. The molecule has 8 heteroatoms. The van der Waals surface area contributed by atoms with E-state index in [1.807, 2.05) is 23.1 Å². The Labute approximate surface area is 243 Å². The van der Waals surface area contributed by atoms with E-state index in [1.54, 1.807) is 14.1 Å². The average molecular weight is 556 g/mol. The number of hydrogen-bond donors (Lipinski definition) is 1. The van der Waals surface area contributed by atoms with Crippen LogP contribution in [0.15, 0.2) is 60.7 Å². The van der Waals surface area contributed by atoms with Crippen LogP contribution in [-0.4, -0.2) is 75.1 Å². The molecule has 1 N–H and O–H groups in total. The molecule has 3 aromatic rings. The van der Waals surface area contributed by atoms with E-state index < -0.39 is 5.54 Å². The molecule has 0 saturated carbocycles. The molecule has 2 aliphatic rings. The fourth-order valence-electron chi connectivity index (χ4n) is 6.33. The predicted octanol–water partition coefficient (Wildman–Crippen LogP) is 5.50. The van der Waals surface area contributed by atoms with Gasteiger partial charge in [-0.05, 0) is 51.5 Å². The van der Waals surface area contributed by atoms with Crippen LogP contribution in [-0.2, 0) is 5.54 Å². The molecule has 1 spiro atoms. The number of benzene rings is 3. The van der Waals surface area contributed by atoms with Crippen LogP contribution in [0.3, 0.4) is 0 Å². The Morgan fingerprint density at radius 1 is 0.805 bits per heavy atom. The van der Waals surface area contributed by atoms with Crippen LogP contribution < -0.4 is 19.9 Å². The minimum atomic E-state index is -0.900. The van der Waals surface area contributed by atoms with Gasteiger partial charge in [-0.1, -0.05) is 30.3 Å². The summed E-state index contributed by atoms with van der Waals surface area (Å²) in [5.74, 6) is 1.43. The molecule has 2 aliphatic heterocycles. The van der Waals surface area contributed by atoms with Crippen LogP contribution in [0.2, 0.25) is 0 Å². The van der Waals surface area contributed by atoms with Crippen LogP contribution in [0.4, 0.5) is 16.2 Å². The molecule has 2 heterocycles. The minimum absolute atomic E-state index is 0.0564. The maximum absolute atomic E-state index is 14.2. The van der Waals surface area contributed by atoms with Crippen molar-refractivity contribution in [3.05, 3.63) is 82.9 Å². The van der Waals surface area contributed by atoms with Gasteiger partial charge in [-0.3, -0.25) is 4.79 Å². The molecule has 0 aliphatic carbocycles. The maximum atomic E-state index is 14.2. The number of nitrogens with zero attached hydrogens (tertiary/aromatic N) is 4. The first-order valence-electron chi connectivity index (χ1n) is 14.6. The van der Waals surface area contributed by atoms with Gasteiger partial charge >= 0.3 is 6.03 Å². The zero-order valence-corrected chi connectivity index (χ0v) is 25.0. The zero-order valence-electron chi connectivity index (χ0n) is 25.0. The SMILES string of the molecule is CCN(CC)c1ccc2c(c1)Oc1cc(N(CC)CC)ccc1C21c2ccccc2C(=O)N1CCNC(=O)N(C)C. The molecule has 216 valence electrons. The van der Waals surface area contributed by atoms with E-state index in [0.717, 1.165) is 65.7 Å². The number of ether oxygens (including phenoxy) is 1. The molecule has 0 unspecified atom stereocenters. The molecule has 5 rings (SSSR count). The number of rotatable bonds is 9. The van der Waals surface area contributed by atoms with E-state index in [0.29, 0.717) is 18.7 Å². The largest absolute Gasteiger partial charge is 0.456 e. The van der Waals surface area contributed by atoms with E-state index in [2.05, 4.69) is 85.3 Å². The quantitative estimate of drug-likeness (QED) is 0.378. The van der Waals surface area contributed by atoms with Crippen molar-refractivity contribution in [3.63, 3.8) is 0 Å². The van der Waals surface area contributed by atoms with E-state index >= 15 is 0 Å². The first kappa shape index (κ1) is 28.3. The van der Waals surface area contributed by atoms with Crippen molar-refractivity contribution < 1.29 is 14.3 Å². The van der Waals surface area contributed by atoms with Gasteiger partial charge in [0.15, 0.2) is 0 Å². The van der Waals surface area contributed by atoms with Gasteiger partial charge in [0.1, 0.15) is 17.0 Å². The standard InChI is InChI=1S/C33H41N5O3/c1-7-36(8-2)23-15-17-27-29(21-23)41-30-22-24(37(9-3)10-4)16-18-28(30)33(27)26-14-12-11-13-25(26)31(39)38(33)20-19-34-32(40)35(5)6/h11-18,21-22H,7-10,19-20H2,1-6H3,(H,34,40). The number of amides is 3. The van der Waals surface area contributed by atoms with E-state index in [1.165, 1.54) is 4.90 Å². The Hall–Kier alpha value is -4.20. The third kappa shape index (κ3) is 4.55. The summed E-state index contributed by atoms with van der Waals surface area (Å²) in [7, 11) is 3.42. The van der Waals surface area contributed by atoms with Gasteiger partial charge in [0.25, 0.3) is 5.91 Å². The Morgan fingerprint density at radius 2 is 1.34 bits per heavy atom. The highest BCUT2D eigenvalue weighted by molar-refractivity contribution is 6.02. The Morgan fingerprint density at radius 3 is 1.85 bits per heavy atom. The molecule has 0 aromatic heterocycles. The monoisotopic (exact) mass is 555 g/mol. The summed E-state index contributed by atoms with van der Waals surface area (Å²) in [4.78, 5) is 34.6. The summed E-state index contributed by atoms with van der Waals surface area (Å²) < 4.78 is 6.73. The number of carbonyl (C=O) groups is 2. The van der Waals surface area contributed by atoms with Crippen molar-refractivity contribution in [2.24, 2.45) is 0 Å². The van der Waals surface area contributed by atoms with E-state index in [9.17, 15) is 9.59 Å². The molecule has 3 aromatic carbocycles. The number of hydrogen-bond acceptors (Lipinski definition) is 5. The lowest BCUT2D eigenvalue weighted by Crippen LogP contribution is -2.50. The number of nitrogens with one attached hydrogen (secondary N) is 1. The van der Waals surface area contributed by atoms with Crippen molar-refractivity contribution in [1.82, 2.24) is 15.1 Å². The minimum Gasteiger partial charge on any atom is -0.456 e. The normalized spacial score (nSPS) is 14.2. The second kappa shape index (κ2) is 11.4.